The van der Waals surface area contributed by atoms with Gasteiger partial charge in [0.15, 0.2) is 5.82 Å². The lowest BCUT2D eigenvalue weighted by atomic mass is 10.1. The number of hydrogen-bond donors (Lipinski definition) is 1. The molecule has 0 atom stereocenters. The van der Waals surface area contributed by atoms with E-state index in [2.05, 4.69) is 22.4 Å². The van der Waals surface area contributed by atoms with Crippen molar-refractivity contribution >= 4 is 5.69 Å². The molecule has 0 radical (unpaired) electrons. The molecule has 0 fully saturated rings. The molecule has 1 heterocycles. The Morgan fingerprint density at radius 3 is 2.85 bits per heavy atom. The average molecular weight is 275 g/mol. The second kappa shape index (κ2) is 6.88. The van der Waals surface area contributed by atoms with Gasteiger partial charge in [0, 0.05) is 17.8 Å². The van der Waals surface area contributed by atoms with Gasteiger partial charge in [-0.05, 0) is 35.0 Å². The molecule has 2 N–H and O–H groups in total. The minimum Gasteiger partial charge on any atom is -0.497 e. The Hall–Kier alpha value is -2.11. The third kappa shape index (κ3) is 3.26. The largest absolute Gasteiger partial charge is 0.497 e. The average Bonchev–Trinajstić information content (AvgIpc) is 2.92. The third-order valence-electron chi connectivity index (χ3n) is 3.26. The Kier molecular flexibility index (Phi) is 4.92. The summed E-state index contributed by atoms with van der Waals surface area (Å²) in [7, 11) is 1.63. The number of unbranched alkanes of at least 4 members (excludes halogenated alkanes) is 3. The number of aryl methyl sites for hydroxylation is 1. The first-order valence-electron chi connectivity index (χ1n) is 6.96. The maximum atomic E-state index is 6.02. The van der Waals surface area contributed by atoms with Gasteiger partial charge in [-0.2, -0.15) is 0 Å². The van der Waals surface area contributed by atoms with Crippen molar-refractivity contribution in [1.82, 2.24) is 20.2 Å². The summed E-state index contributed by atoms with van der Waals surface area (Å²) < 4.78 is 7.03. The first-order chi connectivity index (χ1) is 9.76. The maximum absolute atomic E-state index is 6.02. The molecule has 1 aromatic carbocycles. The fourth-order valence-corrected chi connectivity index (χ4v) is 2.09. The molecule has 0 bridgehead atoms. The van der Waals surface area contributed by atoms with Crippen molar-refractivity contribution in [2.45, 2.75) is 39.2 Å². The zero-order chi connectivity index (χ0) is 14.4. The maximum Gasteiger partial charge on any atom is 0.184 e. The molecule has 0 aliphatic rings. The highest BCUT2D eigenvalue weighted by molar-refractivity contribution is 5.72. The second-order valence-electron chi connectivity index (χ2n) is 4.74. The summed E-state index contributed by atoms with van der Waals surface area (Å²) >= 11 is 0. The highest BCUT2D eigenvalue weighted by Crippen LogP contribution is 2.28. The summed E-state index contributed by atoms with van der Waals surface area (Å²) in [6.07, 6.45) is 4.70. The van der Waals surface area contributed by atoms with Gasteiger partial charge in [-0.3, -0.25) is 0 Å². The summed E-state index contributed by atoms with van der Waals surface area (Å²) in [4.78, 5) is 0. The van der Waals surface area contributed by atoms with Gasteiger partial charge in [0.05, 0.1) is 7.11 Å². The van der Waals surface area contributed by atoms with Crippen molar-refractivity contribution < 1.29 is 4.74 Å². The lowest BCUT2D eigenvalue weighted by Gasteiger charge is -2.08. The molecule has 20 heavy (non-hydrogen) atoms. The van der Waals surface area contributed by atoms with Gasteiger partial charge in [0.25, 0.3) is 0 Å². The van der Waals surface area contributed by atoms with Gasteiger partial charge < -0.3 is 10.5 Å². The molecule has 1 aromatic heterocycles. The second-order valence-corrected chi connectivity index (χ2v) is 4.74. The Balaban J connectivity index is 2.18. The van der Waals surface area contributed by atoms with Gasteiger partial charge in [-0.25, -0.2) is 4.68 Å². The van der Waals surface area contributed by atoms with Crippen LogP contribution >= 0.6 is 0 Å². The molecule has 0 amide bonds. The lowest BCUT2D eigenvalue weighted by Crippen LogP contribution is -2.04. The van der Waals surface area contributed by atoms with E-state index in [-0.39, 0.29) is 0 Å². The molecule has 0 saturated carbocycles. The van der Waals surface area contributed by atoms with Gasteiger partial charge in [0.1, 0.15) is 5.75 Å². The van der Waals surface area contributed by atoms with Crippen LogP contribution < -0.4 is 10.5 Å². The highest BCUT2D eigenvalue weighted by Gasteiger charge is 2.12. The molecule has 0 aliphatic heterocycles. The monoisotopic (exact) mass is 275 g/mol. The van der Waals surface area contributed by atoms with E-state index < -0.39 is 0 Å². The fraction of sp³-hybridized carbons (Fsp3) is 0.500. The summed E-state index contributed by atoms with van der Waals surface area (Å²) in [5.74, 6) is 1.44. The topological polar surface area (TPSA) is 78.8 Å². The number of methoxy groups -OCH3 is 1. The standard InChI is InChI=1S/C14H21N5O/c1-3-4-5-6-9-19-14(16-17-18-19)12-10-11(20-2)7-8-13(12)15/h7-8,10H,3-6,9,15H2,1-2H3. The number of anilines is 1. The van der Waals surface area contributed by atoms with E-state index in [1.807, 2.05) is 18.2 Å². The molecule has 108 valence electrons. The predicted molar refractivity (Wildman–Crippen MR) is 78.4 cm³/mol. The molecule has 2 aromatic rings. The van der Waals surface area contributed by atoms with Crippen molar-refractivity contribution in [3.8, 4) is 17.1 Å². The van der Waals surface area contributed by atoms with E-state index in [9.17, 15) is 0 Å². The van der Waals surface area contributed by atoms with E-state index in [0.29, 0.717) is 11.5 Å². The van der Waals surface area contributed by atoms with Crippen molar-refractivity contribution in [3.05, 3.63) is 18.2 Å². The normalized spacial score (nSPS) is 10.7. The number of ether oxygens (including phenoxy) is 1. The first kappa shape index (κ1) is 14.3. The van der Waals surface area contributed by atoms with Gasteiger partial charge in [-0.15, -0.1) is 5.10 Å². The number of benzene rings is 1. The summed E-state index contributed by atoms with van der Waals surface area (Å²) in [5, 5.41) is 11.9. The SMILES string of the molecule is CCCCCCn1nnnc1-c1cc(OC)ccc1N. The molecule has 0 unspecified atom stereocenters. The van der Waals surface area contributed by atoms with E-state index in [1.54, 1.807) is 11.8 Å². The van der Waals surface area contributed by atoms with Gasteiger partial charge in [-0.1, -0.05) is 26.2 Å². The predicted octanol–water partition coefficient (Wildman–Crippen LogP) is 2.51. The van der Waals surface area contributed by atoms with Crippen molar-refractivity contribution in [3.63, 3.8) is 0 Å². The van der Waals surface area contributed by atoms with Crippen LogP contribution in [0.4, 0.5) is 5.69 Å². The Labute approximate surface area is 118 Å². The molecular weight excluding hydrogens is 254 g/mol. The van der Waals surface area contributed by atoms with Crippen LogP contribution in [0, 0.1) is 0 Å². The van der Waals surface area contributed by atoms with Gasteiger partial charge in [0.2, 0.25) is 0 Å². The zero-order valence-electron chi connectivity index (χ0n) is 12.0. The van der Waals surface area contributed by atoms with E-state index in [0.717, 1.165) is 24.3 Å². The van der Waals surface area contributed by atoms with Crippen molar-refractivity contribution in [2.24, 2.45) is 0 Å². The van der Waals surface area contributed by atoms with Crippen LogP contribution in [0.3, 0.4) is 0 Å². The molecule has 0 saturated heterocycles. The summed E-state index contributed by atoms with van der Waals surface area (Å²) in [5.41, 5.74) is 7.47. The number of nitrogen functional groups attached to an aromatic ring is 1. The number of tetrazole rings is 1. The molecule has 0 spiro atoms. The third-order valence-corrected chi connectivity index (χ3v) is 3.26. The van der Waals surface area contributed by atoms with Gasteiger partial charge >= 0.3 is 0 Å². The van der Waals surface area contributed by atoms with Crippen LogP contribution in [0.25, 0.3) is 11.4 Å². The fourth-order valence-electron chi connectivity index (χ4n) is 2.09. The van der Waals surface area contributed by atoms with E-state index in [1.165, 1.54) is 19.3 Å². The van der Waals surface area contributed by atoms with E-state index in [4.69, 9.17) is 10.5 Å². The molecule has 6 heteroatoms. The number of aromatic nitrogens is 4. The Morgan fingerprint density at radius 1 is 1.25 bits per heavy atom. The zero-order valence-corrected chi connectivity index (χ0v) is 12.0. The first-order valence-corrected chi connectivity index (χ1v) is 6.96. The highest BCUT2D eigenvalue weighted by atomic mass is 16.5. The van der Waals surface area contributed by atoms with Crippen LogP contribution in [-0.2, 0) is 6.54 Å². The number of hydrogen-bond acceptors (Lipinski definition) is 5. The summed E-state index contributed by atoms with van der Waals surface area (Å²) in [6, 6.07) is 5.50. The molecule has 0 aliphatic carbocycles. The Bertz CT molecular complexity index is 552. The molecule has 2 rings (SSSR count). The van der Waals surface area contributed by atoms with Crippen LogP contribution in [0.15, 0.2) is 18.2 Å². The minimum atomic E-state index is 0.649. The summed E-state index contributed by atoms with van der Waals surface area (Å²) in [6.45, 7) is 3.00. The van der Waals surface area contributed by atoms with Crippen molar-refractivity contribution in [1.29, 1.82) is 0 Å². The van der Waals surface area contributed by atoms with Crippen LogP contribution in [0.1, 0.15) is 32.6 Å². The number of nitrogens with two attached hydrogens (primary N) is 1. The Morgan fingerprint density at radius 2 is 2.10 bits per heavy atom. The molecular formula is C14H21N5O. The number of rotatable bonds is 7. The van der Waals surface area contributed by atoms with Crippen LogP contribution in [0.2, 0.25) is 0 Å². The van der Waals surface area contributed by atoms with Crippen molar-refractivity contribution in [2.75, 3.05) is 12.8 Å². The molecule has 6 nitrogen and oxygen atoms in total. The smallest absolute Gasteiger partial charge is 0.184 e. The quantitative estimate of drug-likeness (QED) is 0.620. The van der Waals surface area contributed by atoms with E-state index >= 15 is 0 Å². The van der Waals surface area contributed by atoms with Crippen LogP contribution in [-0.4, -0.2) is 27.3 Å². The number of nitrogens with zero attached hydrogens (tertiary/aromatic N) is 4. The lowest BCUT2D eigenvalue weighted by molar-refractivity contribution is 0.415. The minimum absolute atomic E-state index is 0.649. The van der Waals surface area contributed by atoms with Crippen LogP contribution in [0.5, 0.6) is 5.75 Å².